The maximum atomic E-state index is 9.41. The Morgan fingerprint density at radius 1 is 1.04 bits per heavy atom. The van der Waals surface area contributed by atoms with Crippen LogP contribution in [0, 0.1) is 0 Å². The van der Waals surface area contributed by atoms with E-state index in [1.54, 1.807) is 6.92 Å². The Labute approximate surface area is 151 Å². The van der Waals surface area contributed by atoms with Crippen molar-refractivity contribution >= 4 is 33.1 Å². The van der Waals surface area contributed by atoms with Crippen LogP contribution in [0.15, 0.2) is 42.5 Å². The van der Waals surface area contributed by atoms with Crippen LogP contribution in [0.5, 0.6) is 0 Å². The van der Waals surface area contributed by atoms with Gasteiger partial charge < -0.3 is 20.1 Å². The Bertz CT molecular complexity index is 1100. The minimum atomic E-state index is -0.708. The second-order valence-electron chi connectivity index (χ2n) is 7.03. The molecule has 0 aliphatic carbocycles. The summed E-state index contributed by atoms with van der Waals surface area (Å²) in [6.45, 7) is 2.05. The van der Waals surface area contributed by atoms with Gasteiger partial charge in [0.15, 0.2) is 5.65 Å². The molecule has 0 spiro atoms. The van der Waals surface area contributed by atoms with Crippen molar-refractivity contribution in [3.63, 3.8) is 0 Å². The summed E-state index contributed by atoms with van der Waals surface area (Å²) in [6.07, 6.45) is 0. The van der Waals surface area contributed by atoms with Crippen LogP contribution < -0.4 is 5.32 Å². The van der Waals surface area contributed by atoms with E-state index in [2.05, 4.69) is 22.0 Å². The fourth-order valence-electron chi connectivity index (χ4n) is 3.17. The van der Waals surface area contributed by atoms with Crippen LogP contribution in [-0.4, -0.2) is 43.5 Å². The van der Waals surface area contributed by atoms with Crippen LogP contribution in [0.4, 0.5) is 0 Å². The number of aliphatic hydroxyl groups excluding tert-OH is 2. The van der Waals surface area contributed by atoms with Crippen molar-refractivity contribution in [1.82, 2.24) is 19.9 Å². The van der Waals surface area contributed by atoms with Crippen molar-refractivity contribution in [2.45, 2.75) is 19.0 Å². The molecule has 0 aliphatic heterocycles. The number of aromatic nitrogens is 3. The van der Waals surface area contributed by atoms with Gasteiger partial charge in [0.05, 0.1) is 35.3 Å². The summed E-state index contributed by atoms with van der Waals surface area (Å²) in [5, 5.41) is 23.1. The monoisotopic (exact) mass is 350 g/mol. The number of benzene rings is 2. The number of nitrogens with one attached hydrogen (secondary N) is 1. The Hall–Kier alpha value is -2.54. The van der Waals surface area contributed by atoms with Crippen molar-refractivity contribution in [1.29, 1.82) is 0 Å². The Kier molecular flexibility index (Phi) is 4.11. The highest BCUT2D eigenvalue weighted by atomic mass is 16.3. The zero-order valence-corrected chi connectivity index (χ0v) is 14.9. The maximum absolute atomic E-state index is 9.41. The normalized spacial score (nSPS) is 12.5. The van der Waals surface area contributed by atoms with Gasteiger partial charge in [-0.25, -0.2) is 9.97 Å². The Morgan fingerprint density at radius 3 is 2.58 bits per heavy atom. The first-order valence-corrected chi connectivity index (χ1v) is 8.65. The van der Waals surface area contributed by atoms with Gasteiger partial charge in [0.1, 0.15) is 5.52 Å². The molecule has 6 heteroatoms. The number of para-hydroxylation sites is 1. The van der Waals surface area contributed by atoms with E-state index in [0.29, 0.717) is 6.54 Å². The molecule has 3 N–H and O–H groups in total. The van der Waals surface area contributed by atoms with Gasteiger partial charge in [-0.05, 0) is 30.7 Å². The molecular formula is C20H22N4O2. The summed E-state index contributed by atoms with van der Waals surface area (Å²) in [5.41, 5.74) is 4.89. The maximum Gasteiger partial charge on any atom is 0.160 e. The fourth-order valence-corrected chi connectivity index (χ4v) is 3.17. The minimum Gasteiger partial charge on any atom is -0.394 e. The van der Waals surface area contributed by atoms with E-state index in [1.807, 2.05) is 37.4 Å². The van der Waals surface area contributed by atoms with Crippen LogP contribution >= 0.6 is 0 Å². The lowest BCUT2D eigenvalue weighted by Gasteiger charge is -2.26. The van der Waals surface area contributed by atoms with Crippen molar-refractivity contribution in [3.8, 4) is 0 Å². The van der Waals surface area contributed by atoms with Crippen LogP contribution in [0.2, 0.25) is 0 Å². The van der Waals surface area contributed by atoms with E-state index in [4.69, 9.17) is 9.97 Å². The van der Waals surface area contributed by atoms with Crippen molar-refractivity contribution < 1.29 is 10.2 Å². The summed E-state index contributed by atoms with van der Waals surface area (Å²) in [7, 11) is 2.01. The largest absolute Gasteiger partial charge is 0.394 e. The minimum absolute atomic E-state index is 0.131. The number of hydrogen-bond donors (Lipinski definition) is 3. The van der Waals surface area contributed by atoms with Crippen molar-refractivity contribution in [3.05, 3.63) is 48.0 Å². The molecule has 26 heavy (non-hydrogen) atoms. The molecule has 134 valence electrons. The third-order valence-electron chi connectivity index (χ3n) is 4.97. The van der Waals surface area contributed by atoms with E-state index in [0.717, 1.165) is 38.7 Å². The third-order valence-corrected chi connectivity index (χ3v) is 4.97. The van der Waals surface area contributed by atoms with E-state index in [9.17, 15) is 10.2 Å². The van der Waals surface area contributed by atoms with Crippen LogP contribution in [0.3, 0.4) is 0 Å². The topological polar surface area (TPSA) is 83.2 Å². The van der Waals surface area contributed by atoms with E-state index in [1.165, 1.54) is 0 Å². The van der Waals surface area contributed by atoms with Crippen LogP contribution in [0.1, 0.15) is 12.5 Å². The third kappa shape index (κ3) is 2.72. The smallest absolute Gasteiger partial charge is 0.160 e. The predicted octanol–water partition coefficient (Wildman–Crippen LogP) is 2.11. The average molecular weight is 350 g/mol. The van der Waals surface area contributed by atoms with Crippen molar-refractivity contribution in [2.75, 3.05) is 13.2 Å². The summed E-state index contributed by atoms with van der Waals surface area (Å²) in [5.74, 6) is 0. The quantitative estimate of drug-likeness (QED) is 0.513. The molecule has 0 fully saturated rings. The van der Waals surface area contributed by atoms with Crippen molar-refractivity contribution in [2.24, 2.45) is 7.05 Å². The fraction of sp³-hybridized carbons (Fsp3) is 0.300. The molecule has 2 aromatic carbocycles. The predicted molar refractivity (Wildman–Crippen MR) is 103 cm³/mol. The highest BCUT2D eigenvalue weighted by Crippen LogP contribution is 2.27. The molecule has 4 aromatic rings. The number of rotatable bonds is 5. The molecule has 0 amide bonds. The van der Waals surface area contributed by atoms with Gasteiger partial charge in [-0.2, -0.15) is 0 Å². The molecule has 2 aromatic heterocycles. The molecule has 0 unspecified atom stereocenters. The number of fused-ring (bicyclic) bond motifs is 4. The average Bonchev–Trinajstić information content (AvgIpc) is 2.96. The summed E-state index contributed by atoms with van der Waals surface area (Å²) in [4.78, 5) is 9.66. The Morgan fingerprint density at radius 2 is 1.81 bits per heavy atom. The number of aliphatic hydroxyl groups is 2. The molecule has 0 bridgehead atoms. The zero-order valence-electron chi connectivity index (χ0n) is 14.9. The lowest BCUT2D eigenvalue weighted by Crippen LogP contribution is -2.48. The van der Waals surface area contributed by atoms with E-state index < -0.39 is 5.54 Å². The lowest BCUT2D eigenvalue weighted by molar-refractivity contribution is 0.103. The van der Waals surface area contributed by atoms with Crippen LogP contribution in [-0.2, 0) is 13.6 Å². The molecule has 0 saturated carbocycles. The second-order valence-corrected chi connectivity index (χ2v) is 7.03. The number of hydrogen-bond acceptors (Lipinski definition) is 5. The zero-order chi connectivity index (χ0) is 18.3. The lowest BCUT2D eigenvalue weighted by atomic mass is 10.0. The molecule has 0 aliphatic rings. The van der Waals surface area contributed by atoms with Gasteiger partial charge in [0.25, 0.3) is 0 Å². The molecular weight excluding hydrogens is 328 g/mol. The molecule has 0 atom stereocenters. The molecule has 4 rings (SSSR count). The van der Waals surface area contributed by atoms with Gasteiger partial charge in [-0.1, -0.05) is 24.3 Å². The first kappa shape index (κ1) is 16.9. The van der Waals surface area contributed by atoms with Gasteiger partial charge in [-0.3, -0.25) is 0 Å². The van der Waals surface area contributed by atoms with Gasteiger partial charge in [-0.15, -0.1) is 0 Å². The van der Waals surface area contributed by atoms with Gasteiger partial charge in [0.2, 0.25) is 0 Å². The van der Waals surface area contributed by atoms with Gasteiger partial charge >= 0.3 is 0 Å². The highest BCUT2D eigenvalue weighted by molar-refractivity contribution is 6.06. The number of nitrogens with zero attached hydrogens (tertiary/aromatic N) is 3. The van der Waals surface area contributed by atoms with Gasteiger partial charge in [0, 0.05) is 19.0 Å². The number of aryl methyl sites for hydroxylation is 1. The molecule has 0 radical (unpaired) electrons. The summed E-state index contributed by atoms with van der Waals surface area (Å²) < 4.78 is 2.07. The highest BCUT2D eigenvalue weighted by Gasteiger charge is 2.21. The molecule has 0 saturated heterocycles. The SMILES string of the molecule is Cn1c2ccccc2c2nc3cc(CNC(C)(CO)CO)ccc3nc21. The first-order valence-electron chi connectivity index (χ1n) is 8.65. The first-order chi connectivity index (χ1) is 12.5. The Balaban J connectivity index is 1.78. The van der Waals surface area contributed by atoms with E-state index >= 15 is 0 Å². The second kappa shape index (κ2) is 6.32. The standard InChI is InChI=1S/C20H22N4O2/c1-20(11-25,12-26)21-10-13-7-8-15-16(9-13)22-18-14-5-3-4-6-17(14)24(2)19(18)23-15/h3-9,21,25-26H,10-12H2,1-2H3. The summed E-state index contributed by atoms with van der Waals surface area (Å²) in [6, 6.07) is 14.1. The molecule has 6 nitrogen and oxygen atoms in total. The van der Waals surface area contributed by atoms with Crippen LogP contribution in [0.25, 0.3) is 33.1 Å². The van der Waals surface area contributed by atoms with E-state index in [-0.39, 0.29) is 13.2 Å². The summed E-state index contributed by atoms with van der Waals surface area (Å²) >= 11 is 0. The molecule has 2 heterocycles.